The first-order valence-corrected chi connectivity index (χ1v) is 13.6. The molecule has 0 saturated carbocycles. The van der Waals surface area contributed by atoms with Gasteiger partial charge in [-0.2, -0.15) is 10.5 Å². The van der Waals surface area contributed by atoms with Gasteiger partial charge in [-0.05, 0) is 73.5 Å². The number of hydrogen-bond donors (Lipinski definition) is 1. The van der Waals surface area contributed by atoms with E-state index in [1.165, 1.54) is 22.2 Å². The minimum atomic E-state index is -0.163. The van der Waals surface area contributed by atoms with Gasteiger partial charge < -0.3 is 5.32 Å². The number of pyridine rings is 1. The maximum atomic E-state index is 12.8. The summed E-state index contributed by atoms with van der Waals surface area (Å²) in [6.07, 6.45) is 8.25. The average Bonchev–Trinajstić information content (AvgIpc) is 3.17. The maximum absolute atomic E-state index is 12.8. The molecule has 0 spiro atoms. The Morgan fingerprint density at radius 2 is 2.06 bits per heavy atom. The molecule has 0 bridgehead atoms. The summed E-state index contributed by atoms with van der Waals surface area (Å²) < 4.78 is 0. The molecule has 0 saturated heterocycles. The third-order valence-electron chi connectivity index (χ3n) is 7.37. The fourth-order valence-corrected chi connectivity index (χ4v) is 6.92. The van der Waals surface area contributed by atoms with Crippen molar-refractivity contribution in [2.45, 2.75) is 77.2 Å². The van der Waals surface area contributed by atoms with Gasteiger partial charge in [0.15, 0.2) is 0 Å². The second-order valence-corrected chi connectivity index (χ2v) is 11.8. The van der Waals surface area contributed by atoms with Crippen molar-refractivity contribution in [3.05, 3.63) is 38.9 Å². The van der Waals surface area contributed by atoms with Crippen molar-refractivity contribution in [2.24, 2.45) is 11.3 Å². The Labute approximate surface area is 204 Å². The molecule has 33 heavy (non-hydrogen) atoms. The molecule has 2 aliphatic rings. The highest BCUT2D eigenvalue weighted by Crippen LogP contribution is 2.45. The van der Waals surface area contributed by atoms with Crippen LogP contribution in [0.3, 0.4) is 0 Å². The molecule has 0 radical (unpaired) electrons. The van der Waals surface area contributed by atoms with E-state index >= 15 is 0 Å². The Balaban J connectivity index is 1.46. The van der Waals surface area contributed by atoms with E-state index in [1.807, 2.05) is 6.07 Å². The lowest BCUT2D eigenvalue weighted by molar-refractivity contribution is -0.113. The number of rotatable bonds is 6. The number of nitrogens with one attached hydrogen (secondary N) is 1. The van der Waals surface area contributed by atoms with E-state index in [2.05, 4.69) is 38.2 Å². The number of carbonyl (C=O) groups excluding carboxylic acids is 1. The molecular weight excluding hydrogens is 448 g/mol. The van der Waals surface area contributed by atoms with Crippen molar-refractivity contribution < 1.29 is 4.79 Å². The number of nitrogens with zero attached hydrogens (tertiary/aromatic N) is 3. The molecule has 2 aromatic rings. The van der Waals surface area contributed by atoms with Crippen LogP contribution in [0.2, 0.25) is 0 Å². The quantitative estimate of drug-likeness (QED) is 0.511. The minimum Gasteiger partial charge on any atom is -0.316 e. The van der Waals surface area contributed by atoms with Crippen LogP contribution in [0.25, 0.3) is 0 Å². The molecule has 4 rings (SSSR count). The van der Waals surface area contributed by atoms with Crippen LogP contribution in [0.5, 0.6) is 0 Å². The molecule has 2 aromatic heterocycles. The van der Waals surface area contributed by atoms with Gasteiger partial charge in [-0.1, -0.05) is 39.0 Å². The summed E-state index contributed by atoms with van der Waals surface area (Å²) in [5, 5.41) is 23.6. The highest BCUT2D eigenvalue weighted by Gasteiger charge is 2.34. The van der Waals surface area contributed by atoms with Crippen LogP contribution in [-0.2, 0) is 30.5 Å². The Kier molecular flexibility index (Phi) is 7.12. The highest BCUT2D eigenvalue weighted by atomic mass is 32.2. The SMILES string of the molecule is CCC(C)(C)[C@H]1CCc2c(sc(NC(=O)CSc3nc4c(cc3C#N)CCCC4)c2C#N)C1. The highest BCUT2D eigenvalue weighted by molar-refractivity contribution is 8.00. The van der Waals surface area contributed by atoms with Crippen LogP contribution < -0.4 is 5.32 Å². The van der Waals surface area contributed by atoms with Gasteiger partial charge in [0, 0.05) is 10.6 Å². The van der Waals surface area contributed by atoms with Gasteiger partial charge in [-0.25, -0.2) is 4.98 Å². The molecule has 0 aromatic carbocycles. The van der Waals surface area contributed by atoms with E-state index in [9.17, 15) is 15.3 Å². The van der Waals surface area contributed by atoms with Crippen molar-refractivity contribution in [3.63, 3.8) is 0 Å². The van der Waals surface area contributed by atoms with Gasteiger partial charge in [0.25, 0.3) is 0 Å². The van der Waals surface area contributed by atoms with E-state index < -0.39 is 0 Å². The lowest BCUT2D eigenvalue weighted by atomic mass is 9.69. The standard InChI is InChI=1S/C26H30N4OS2/c1-4-26(2,3)18-9-10-19-20(14-28)25(33-22(19)12-18)30-23(31)15-32-24-17(13-27)11-16-7-5-6-8-21(16)29-24/h11,18H,4-10,12,15H2,1-3H3,(H,30,31)/t18-/m0/s1. The van der Waals surface area contributed by atoms with Gasteiger partial charge in [0.2, 0.25) is 5.91 Å². The Morgan fingerprint density at radius 1 is 1.27 bits per heavy atom. The number of carbonyl (C=O) groups is 1. The molecule has 172 valence electrons. The van der Waals surface area contributed by atoms with E-state index in [4.69, 9.17) is 4.98 Å². The smallest absolute Gasteiger partial charge is 0.235 e. The number of fused-ring (bicyclic) bond motifs is 2. The normalized spacial score (nSPS) is 17.4. The van der Waals surface area contributed by atoms with Gasteiger partial charge in [0.1, 0.15) is 22.2 Å². The van der Waals surface area contributed by atoms with Crippen LogP contribution in [0.1, 0.15) is 79.3 Å². The zero-order valence-electron chi connectivity index (χ0n) is 19.6. The third kappa shape index (κ3) is 4.95. The first-order valence-electron chi connectivity index (χ1n) is 11.8. The average molecular weight is 479 g/mol. The van der Waals surface area contributed by atoms with Crippen molar-refractivity contribution in [1.82, 2.24) is 4.98 Å². The Hall–Kier alpha value is -2.35. The van der Waals surface area contributed by atoms with Crippen molar-refractivity contribution >= 4 is 34.0 Å². The lowest BCUT2D eigenvalue weighted by Crippen LogP contribution is -2.28. The maximum Gasteiger partial charge on any atom is 0.235 e. The van der Waals surface area contributed by atoms with Gasteiger partial charge in [-0.3, -0.25) is 4.79 Å². The molecule has 2 aliphatic carbocycles. The van der Waals surface area contributed by atoms with Crippen molar-refractivity contribution in [2.75, 3.05) is 11.1 Å². The molecule has 0 unspecified atom stereocenters. The monoisotopic (exact) mass is 478 g/mol. The minimum absolute atomic E-state index is 0.163. The number of amides is 1. The molecule has 0 fully saturated rings. The zero-order valence-corrected chi connectivity index (χ0v) is 21.2. The Morgan fingerprint density at radius 3 is 2.79 bits per heavy atom. The van der Waals surface area contributed by atoms with Gasteiger partial charge >= 0.3 is 0 Å². The number of anilines is 1. The largest absolute Gasteiger partial charge is 0.316 e. The summed E-state index contributed by atoms with van der Waals surface area (Å²) in [6, 6.07) is 6.51. The number of thioether (sulfide) groups is 1. The molecule has 0 aliphatic heterocycles. The van der Waals surface area contributed by atoms with Gasteiger partial charge in [-0.15, -0.1) is 11.3 Å². The molecular formula is C26H30N4OS2. The van der Waals surface area contributed by atoms with E-state index in [1.54, 1.807) is 11.3 Å². The molecule has 5 nitrogen and oxygen atoms in total. The second kappa shape index (κ2) is 9.87. The predicted molar refractivity (Wildman–Crippen MR) is 134 cm³/mol. The topological polar surface area (TPSA) is 89.6 Å². The fourth-order valence-electron chi connectivity index (χ4n) is 4.85. The lowest BCUT2D eigenvalue weighted by Gasteiger charge is -2.36. The molecule has 1 atom stereocenters. The fraction of sp³-hybridized carbons (Fsp3) is 0.538. The van der Waals surface area contributed by atoms with E-state index in [-0.39, 0.29) is 17.1 Å². The first-order chi connectivity index (χ1) is 15.9. The van der Waals surface area contributed by atoms with E-state index in [0.29, 0.717) is 27.1 Å². The Bertz CT molecular complexity index is 1150. The third-order valence-corrected chi connectivity index (χ3v) is 9.53. The zero-order chi connectivity index (χ0) is 23.6. The van der Waals surface area contributed by atoms with Gasteiger partial charge in [0.05, 0.1) is 16.9 Å². The first kappa shape index (κ1) is 23.8. The molecule has 1 N–H and O–H groups in total. The van der Waals surface area contributed by atoms with E-state index in [0.717, 1.165) is 62.6 Å². The van der Waals surface area contributed by atoms with Crippen molar-refractivity contribution in [3.8, 4) is 12.1 Å². The summed E-state index contributed by atoms with van der Waals surface area (Å²) in [7, 11) is 0. The number of aromatic nitrogens is 1. The van der Waals surface area contributed by atoms with Crippen LogP contribution in [0.15, 0.2) is 11.1 Å². The number of hydrogen-bond acceptors (Lipinski definition) is 6. The van der Waals surface area contributed by atoms with Crippen LogP contribution in [0, 0.1) is 34.0 Å². The predicted octanol–water partition coefficient (Wildman–Crippen LogP) is 6.04. The second-order valence-electron chi connectivity index (χ2n) is 9.70. The van der Waals surface area contributed by atoms with Crippen LogP contribution in [0.4, 0.5) is 5.00 Å². The summed E-state index contributed by atoms with van der Waals surface area (Å²) in [5.41, 5.74) is 4.80. The van der Waals surface area contributed by atoms with Crippen molar-refractivity contribution in [1.29, 1.82) is 10.5 Å². The molecule has 2 heterocycles. The summed E-state index contributed by atoms with van der Waals surface area (Å²) >= 11 is 2.86. The summed E-state index contributed by atoms with van der Waals surface area (Å²) in [5.74, 6) is 0.599. The molecule has 1 amide bonds. The molecule has 7 heteroatoms. The van der Waals surface area contributed by atoms with Crippen LogP contribution >= 0.6 is 23.1 Å². The summed E-state index contributed by atoms with van der Waals surface area (Å²) in [6.45, 7) is 6.89. The number of nitriles is 2. The number of aryl methyl sites for hydroxylation is 2. The van der Waals surface area contributed by atoms with Crippen LogP contribution in [-0.4, -0.2) is 16.6 Å². The number of thiophene rings is 1. The summed E-state index contributed by atoms with van der Waals surface area (Å²) in [4.78, 5) is 18.7.